The number of aliphatic hydroxyl groups is 2. The van der Waals surface area contributed by atoms with Crippen molar-refractivity contribution in [2.75, 3.05) is 6.61 Å². The Labute approximate surface area is 83.5 Å². The van der Waals surface area contributed by atoms with Crippen molar-refractivity contribution in [1.29, 1.82) is 0 Å². The lowest BCUT2D eigenvalue weighted by Crippen LogP contribution is -2.26. The summed E-state index contributed by atoms with van der Waals surface area (Å²) in [6, 6.07) is 0. The Hall–Kier alpha value is -1.39. The van der Waals surface area contributed by atoms with Crippen LogP contribution in [0.3, 0.4) is 0 Å². The highest BCUT2D eigenvalue weighted by atomic mass is 16.4. The van der Waals surface area contributed by atoms with E-state index in [1.165, 1.54) is 19.1 Å². The molecule has 0 rings (SSSR count). The molecule has 0 atom stereocenters. The van der Waals surface area contributed by atoms with Crippen molar-refractivity contribution in [3.8, 4) is 0 Å². The lowest BCUT2D eigenvalue weighted by Gasteiger charge is -2.14. The van der Waals surface area contributed by atoms with Crippen molar-refractivity contribution in [1.82, 2.24) is 0 Å². The maximum absolute atomic E-state index is 9.60. The van der Waals surface area contributed by atoms with Crippen molar-refractivity contribution in [2.24, 2.45) is 0 Å². The fourth-order valence-electron chi connectivity index (χ4n) is 0.212. The van der Waals surface area contributed by atoms with E-state index in [-0.39, 0.29) is 12.2 Å². The molecule has 0 unspecified atom stereocenters. The first kappa shape index (κ1) is 15.1. The van der Waals surface area contributed by atoms with Gasteiger partial charge in [-0.05, 0) is 6.92 Å². The summed E-state index contributed by atoms with van der Waals surface area (Å²) in [5.74, 6) is -0.935. The Balaban J connectivity index is 0. The van der Waals surface area contributed by atoms with Crippen LogP contribution in [0.1, 0.15) is 6.92 Å². The van der Waals surface area contributed by atoms with Crippen molar-refractivity contribution in [3.63, 3.8) is 0 Å². The second-order valence-corrected chi connectivity index (χ2v) is 2.64. The van der Waals surface area contributed by atoms with Crippen molar-refractivity contribution in [2.45, 2.75) is 12.5 Å². The van der Waals surface area contributed by atoms with Gasteiger partial charge in [-0.2, -0.15) is 0 Å². The lowest BCUT2D eigenvalue weighted by molar-refractivity contribution is -0.132. The zero-order valence-corrected chi connectivity index (χ0v) is 8.23. The first-order valence-corrected chi connectivity index (χ1v) is 3.82. The van der Waals surface area contributed by atoms with Crippen molar-refractivity contribution >= 4 is 5.97 Å². The van der Waals surface area contributed by atoms with Crippen LogP contribution in [-0.4, -0.2) is 33.5 Å². The summed E-state index contributed by atoms with van der Waals surface area (Å²) in [5, 5.41) is 25.2. The molecule has 14 heavy (non-hydrogen) atoms. The van der Waals surface area contributed by atoms with Crippen LogP contribution >= 0.6 is 0 Å². The Morgan fingerprint density at radius 1 is 1.43 bits per heavy atom. The fraction of sp³-hybridized carbons (Fsp3) is 0.300. The predicted molar refractivity (Wildman–Crippen MR) is 54.9 cm³/mol. The largest absolute Gasteiger partial charge is 0.478 e. The molecule has 0 aliphatic carbocycles. The van der Waals surface area contributed by atoms with Crippen LogP contribution < -0.4 is 0 Å². The van der Waals surface area contributed by atoms with E-state index in [1.54, 1.807) is 0 Å². The molecule has 0 aliphatic heterocycles. The van der Waals surface area contributed by atoms with Crippen molar-refractivity contribution < 1.29 is 20.1 Å². The fourth-order valence-corrected chi connectivity index (χ4v) is 0.212. The zero-order chi connectivity index (χ0) is 11.8. The molecule has 0 radical (unpaired) electrons. The van der Waals surface area contributed by atoms with Gasteiger partial charge in [-0.3, -0.25) is 0 Å². The molecule has 0 heterocycles. The number of hydrogen-bond acceptors (Lipinski definition) is 3. The highest BCUT2D eigenvalue weighted by molar-refractivity contribution is 5.84. The molecule has 0 saturated heterocycles. The molecule has 0 aromatic carbocycles. The minimum absolute atomic E-state index is 0.176. The molecule has 0 amide bonds. The van der Waals surface area contributed by atoms with Crippen LogP contribution in [0.2, 0.25) is 0 Å². The van der Waals surface area contributed by atoms with E-state index in [0.29, 0.717) is 0 Å². The predicted octanol–water partition coefficient (Wildman–Crippen LogP) is 0.729. The zero-order valence-electron chi connectivity index (χ0n) is 8.23. The molecular formula is C10H16O4. The van der Waals surface area contributed by atoms with Gasteiger partial charge in [0, 0.05) is 5.57 Å². The summed E-state index contributed by atoms with van der Waals surface area (Å²) in [6.07, 6.45) is 2.47. The summed E-state index contributed by atoms with van der Waals surface area (Å²) in [5.41, 5.74) is -1.12. The third kappa shape index (κ3) is 7.27. The normalized spacial score (nSPS) is 9.36. The summed E-state index contributed by atoms with van der Waals surface area (Å²) >= 11 is 0. The topological polar surface area (TPSA) is 77.8 Å². The number of carboxylic acid groups (broad SMARTS) is 1. The third-order valence-electron chi connectivity index (χ3n) is 1.33. The van der Waals surface area contributed by atoms with Crippen LogP contribution in [0, 0.1) is 0 Å². The van der Waals surface area contributed by atoms with Gasteiger partial charge in [0.2, 0.25) is 0 Å². The molecule has 80 valence electrons. The summed E-state index contributed by atoms with van der Waals surface area (Å²) in [4.78, 5) is 9.60. The Morgan fingerprint density at radius 2 is 1.71 bits per heavy atom. The van der Waals surface area contributed by atoms with Gasteiger partial charge in [-0.25, -0.2) is 4.79 Å². The molecule has 0 aromatic rings. The first-order chi connectivity index (χ1) is 6.32. The van der Waals surface area contributed by atoms with Gasteiger partial charge in [0.15, 0.2) is 0 Å². The van der Waals surface area contributed by atoms with Gasteiger partial charge in [-0.15, -0.1) is 0 Å². The van der Waals surface area contributed by atoms with E-state index >= 15 is 0 Å². The Bertz CT molecular complexity index is 210. The molecule has 0 fully saturated rings. The average Bonchev–Trinajstić information content (AvgIpc) is 2.17. The number of carboxylic acids is 1. The molecule has 0 aromatic heterocycles. The third-order valence-corrected chi connectivity index (χ3v) is 1.33. The van der Waals surface area contributed by atoms with Gasteiger partial charge in [0.05, 0.1) is 6.61 Å². The molecule has 0 bridgehead atoms. The van der Waals surface area contributed by atoms with Gasteiger partial charge < -0.3 is 15.3 Å². The molecule has 0 saturated carbocycles. The number of aliphatic hydroxyl groups excluding tert-OH is 1. The van der Waals surface area contributed by atoms with Gasteiger partial charge in [0.25, 0.3) is 0 Å². The van der Waals surface area contributed by atoms with Crippen LogP contribution in [0.4, 0.5) is 0 Å². The van der Waals surface area contributed by atoms with Gasteiger partial charge in [0.1, 0.15) is 5.60 Å². The quantitative estimate of drug-likeness (QED) is 0.462. The smallest absolute Gasteiger partial charge is 0.330 e. The highest BCUT2D eigenvalue weighted by Crippen LogP contribution is 2.03. The Morgan fingerprint density at radius 3 is 1.71 bits per heavy atom. The summed E-state index contributed by atoms with van der Waals surface area (Å²) in [7, 11) is 0. The average molecular weight is 200 g/mol. The van der Waals surface area contributed by atoms with Crippen molar-refractivity contribution in [3.05, 3.63) is 37.5 Å². The van der Waals surface area contributed by atoms with E-state index in [2.05, 4.69) is 19.7 Å². The first-order valence-electron chi connectivity index (χ1n) is 3.82. The minimum Gasteiger partial charge on any atom is -0.478 e. The maximum Gasteiger partial charge on any atom is 0.330 e. The van der Waals surface area contributed by atoms with Crippen LogP contribution in [0.15, 0.2) is 37.5 Å². The second kappa shape index (κ2) is 7.06. The number of aliphatic carboxylic acids is 1. The monoisotopic (exact) mass is 200 g/mol. The Kier molecular flexibility index (Phi) is 7.61. The number of hydrogen-bond donors (Lipinski definition) is 3. The molecule has 0 spiro atoms. The van der Waals surface area contributed by atoms with E-state index in [9.17, 15) is 4.79 Å². The lowest BCUT2D eigenvalue weighted by atomic mass is 10.1. The molecule has 4 nitrogen and oxygen atoms in total. The standard InChI is InChI=1S/C6H10O2.C4H6O2/c1-3-6(8,4-2)5-7;1-3(2)4(5)6/h3-4,7-8H,1-2,5H2;1H2,2H3,(H,5,6). The SMILES string of the molecule is C=C(C)C(=O)O.C=CC(O)(C=C)CO. The molecular weight excluding hydrogens is 184 g/mol. The number of rotatable bonds is 4. The highest BCUT2D eigenvalue weighted by Gasteiger charge is 2.14. The second-order valence-electron chi connectivity index (χ2n) is 2.64. The summed E-state index contributed by atoms with van der Waals surface area (Å²) < 4.78 is 0. The van der Waals surface area contributed by atoms with E-state index < -0.39 is 11.6 Å². The maximum atomic E-state index is 9.60. The van der Waals surface area contributed by atoms with E-state index in [4.69, 9.17) is 15.3 Å². The molecule has 3 N–H and O–H groups in total. The van der Waals surface area contributed by atoms with Crippen LogP contribution in [0.5, 0.6) is 0 Å². The van der Waals surface area contributed by atoms with Gasteiger partial charge >= 0.3 is 5.97 Å². The number of carbonyl (C=O) groups is 1. The molecule has 4 heteroatoms. The van der Waals surface area contributed by atoms with Crippen LogP contribution in [0.25, 0.3) is 0 Å². The van der Waals surface area contributed by atoms with E-state index in [0.717, 1.165) is 0 Å². The summed E-state index contributed by atoms with van der Waals surface area (Å²) in [6.45, 7) is 10.8. The minimum atomic E-state index is -1.29. The molecule has 0 aliphatic rings. The van der Waals surface area contributed by atoms with Gasteiger partial charge in [-0.1, -0.05) is 31.9 Å². The van der Waals surface area contributed by atoms with Crippen LogP contribution in [-0.2, 0) is 4.79 Å². The van der Waals surface area contributed by atoms with E-state index in [1.807, 2.05) is 0 Å².